The number of nitrogens with one attached hydrogen (secondary N) is 1. The van der Waals surface area contributed by atoms with Gasteiger partial charge in [0.1, 0.15) is 60.7 Å². The molecular formula is C27H32N7O9P. The van der Waals surface area contributed by atoms with Gasteiger partial charge in [-0.3, -0.25) is 14.1 Å². The minimum absolute atomic E-state index is 0.116. The van der Waals surface area contributed by atoms with Crippen LogP contribution in [-0.2, 0) is 28.2 Å². The lowest BCUT2D eigenvalue weighted by atomic mass is 9.96. The summed E-state index contributed by atoms with van der Waals surface area (Å²) in [5.74, 6) is -0.632. The molecule has 2 aliphatic rings. The lowest BCUT2D eigenvalue weighted by molar-refractivity contribution is -0.150. The number of hydrogen-bond acceptors (Lipinski definition) is 13. The van der Waals surface area contributed by atoms with E-state index in [9.17, 15) is 29.6 Å². The van der Waals surface area contributed by atoms with E-state index in [0.717, 1.165) is 0 Å². The van der Waals surface area contributed by atoms with Crippen molar-refractivity contribution in [3.8, 4) is 11.8 Å². The topological polar surface area (TPSA) is 224 Å². The molecule has 16 nitrogen and oxygen atoms in total. The van der Waals surface area contributed by atoms with Crippen LogP contribution in [0.1, 0.15) is 32.1 Å². The smallest absolute Gasteiger partial charge is 0.459 e. The maximum atomic E-state index is 14.0. The Morgan fingerprint density at radius 2 is 2.05 bits per heavy atom. The van der Waals surface area contributed by atoms with E-state index >= 15 is 0 Å². The first kappa shape index (κ1) is 31.3. The molecule has 234 valence electrons. The van der Waals surface area contributed by atoms with Crippen LogP contribution in [0.3, 0.4) is 0 Å². The standard InChI is InChI=1S/C27H32N7O9P/c1-16(26(38)41-19-10-11-33(12-19)17(2)35)32-44(39,43-18-6-4-3-5-7-18)40-14-27(13-28)24(37)22(36)23(42-27)20-8-9-21-25(29)30-15-31-34(20)21/h3-9,15-16,19,22-24,36-37H,10-12,14H2,1-2H3,(H,32,39)(H2,29,30,31)/t16?,19-,22+,23+,24+,27-,44?/m1/s1. The number of aromatic nitrogens is 3. The van der Waals surface area contributed by atoms with Gasteiger partial charge in [0.05, 0.1) is 12.2 Å². The van der Waals surface area contributed by atoms with Crippen molar-refractivity contribution in [1.29, 1.82) is 5.26 Å². The van der Waals surface area contributed by atoms with E-state index in [1.807, 2.05) is 6.07 Å². The highest BCUT2D eigenvalue weighted by molar-refractivity contribution is 7.52. The number of nitrogens with zero attached hydrogens (tertiary/aromatic N) is 5. The van der Waals surface area contributed by atoms with E-state index in [2.05, 4.69) is 15.2 Å². The third-order valence-corrected chi connectivity index (χ3v) is 9.06. The molecule has 2 unspecified atom stereocenters. The highest BCUT2D eigenvalue weighted by atomic mass is 31.2. The van der Waals surface area contributed by atoms with Crippen LogP contribution in [0.5, 0.6) is 5.75 Å². The summed E-state index contributed by atoms with van der Waals surface area (Å²) in [7, 11) is -4.49. The Hall–Kier alpha value is -4.10. The predicted molar refractivity (Wildman–Crippen MR) is 152 cm³/mol. The number of esters is 1. The molecule has 5 N–H and O–H groups in total. The third kappa shape index (κ3) is 6.25. The molecule has 0 saturated carbocycles. The van der Waals surface area contributed by atoms with Crippen molar-refractivity contribution in [3.05, 3.63) is 54.5 Å². The molecule has 0 radical (unpaired) electrons. The Labute approximate surface area is 251 Å². The number of rotatable bonds is 10. The molecule has 7 atom stereocenters. The largest absolute Gasteiger partial charge is 0.459 e. The number of aliphatic hydroxyl groups excluding tert-OH is 2. The van der Waals surface area contributed by atoms with E-state index < -0.39 is 56.4 Å². The fraction of sp³-hybridized carbons (Fsp3) is 0.444. The zero-order valence-electron chi connectivity index (χ0n) is 23.8. The van der Waals surface area contributed by atoms with Crippen molar-refractivity contribution in [2.24, 2.45) is 0 Å². The number of anilines is 1. The van der Waals surface area contributed by atoms with E-state index in [0.29, 0.717) is 18.5 Å². The molecule has 1 aromatic carbocycles. The second-order valence-electron chi connectivity index (χ2n) is 10.5. The summed E-state index contributed by atoms with van der Waals surface area (Å²) in [6.45, 7) is 2.65. The van der Waals surface area contributed by atoms with Gasteiger partial charge in [-0.25, -0.2) is 14.1 Å². The maximum absolute atomic E-state index is 14.0. The summed E-state index contributed by atoms with van der Waals surface area (Å²) in [6, 6.07) is 11.7. The molecule has 4 heterocycles. The van der Waals surface area contributed by atoms with Gasteiger partial charge in [0.15, 0.2) is 5.82 Å². The average Bonchev–Trinajstić information content (AvgIpc) is 3.71. The molecule has 2 fully saturated rings. The number of nitrogen functional groups attached to an aromatic ring is 1. The molecule has 2 saturated heterocycles. The fourth-order valence-electron chi connectivity index (χ4n) is 5.03. The van der Waals surface area contributed by atoms with E-state index in [-0.39, 0.29) is 29.7 Å². The molecule has 5 rings (SSSR count). The molecular weight excluding hydrogens is 597 g/mol. The quantitative estimate of drug-likeness (QED) is 0.179. The molecule has 0 bridgehead atoms. The van der Waals surface area contributed by atoms with Gasteiger partial charge in [-0.1, -0.05) is 18.2 Å². The average molecular weight is 630 g/mol. The van der Waals surface area contributed by atoms with Crippen molar-refractivity contribution in [1.82, 2.24) is 24.6 Å². The maximum Gasteiger partial charge on any atom is 0.459 e. The zero-order chi connectivity index (χ0) is 31.6. The zero-order valence-corrected chi connectivity index (χ0v) is 24.7. The number of likely N-dealkylation sites (tertiary alicyclic amines) is 1. The number of benzene rings is 1. The number of nitriles is 1. The monoisotopic (exact) mass is 629 g/mol. The van der Waals surface area contributed by atoms with Gasteiger partial charge in [0.25, 0.3) is 0 Å². The van der Waals surface area contributed by atoms with Gasteiger partial charge in [0, 0.05) is 19.9 Å². The molecule has 17 heteroatoms. The summed E-state index contributed by atoms with van der Waals surface area (Å²) in [6.07, 6.45) is -3.59. The highest BCUT2D eigenvalue weighted by Crippen LogP contribution is 2.48. The second-order valence-corrected chi connectivity index (χ2v) is 12.2. The Balaban J connectivity index is 1.34. The van der Waals surface area contributed by atoms with E-state index in [4.69, 9.17) is 24.3 Å². The van der Waals surface area contributed by atoms with E-state index in [1.165, 1.54) is 36.8 Å². The summed E-state index contributed by atoms with van der Waals surface area (Å²) < 4.78 is 38.1. The molecule has 2 aromatic heterocycles. The van der Waals surface area contributed by atoms with Crippen molar-refractivity contribution in [3.63, 3.8) is 0 Å². The van der Waals surface area contributed by atoms with Crippen LogP contribution in [0.4, 0.5) is 5.82 Å². The van der Waals surface area contributed by atoms with Gasteiger partial charge in [-0.15, -0.1) is 0 Å². The number of amides is 1. The lowest BCUT2D eigenvalue weighted by Gasteiger charge is -2.28. The van der Waals surface area contributed by atoms with Crippen LogP contribution in [0.25, 0.3) is 5.52 Å². The first-order valence-electron chi connectivity index (χ1n) is 13.7. The summed E-state index contributed by atoms with van der Waals surface area (Å²) in [5, 5.41) is 38.7. The Kier molecular flexibility index (Phi) is 8.89. The summed E-state index contributed by atoms with van der Waals surface area (Å²) >= 11 is 0. The Bertz CT molecular complexity index is 1620. The molecule has 2 aliphatic heterocycles. The molecule has 0 aliphatic carbocycles. The first-order chi connectivity index (χ1) is 20.9. The van der Waals surface area contributed by atoms with Gasteiger partial charge in [0.2, 0.25) is 11.5 Å². The molecule has 0 spiro atoms. The normalized spacial score (nSPS) is 27.0. The number of nitrogens with two attached hydrogens (primary N) is 1. The Morgan fingerprint density at radius 3 is 2.73 bits per heavy atom. The number of hydrogen-bond donors (Lipinski definition) is 4. The summed E-state index contributed by atoms with van der Waals surface area (Å²) in [4.78, 5) is 30.0. The van der Waals surface area contributed by atoms with Crippen LogP contribution in [0.2, 0.25) is 0 Å². The minimum atomic E-state index is -4.49. The number of fused-ring (bicyclic) bond motifs is 1. The number of aliphatic hydroxyl groups is 2. The van der Waals surface area contributed by atoms with Crippen molar-refractivity contribution in [2.75, 3.05) is 25.4 Å². The number of carbonyl (C=O) groups is 2. The second kappa shape index (κ2) is 12.5. The number of para-hydroxylation sites is 1. The molecule has 1 amide bonds. The van der Waals surface area contributed by atoms with Crippen LogP contribution in [-0.4, -0.2) is 91.2 Å². The van der Waals surface area contributed by atoms with Gasteiger partial charge < -0.3 is 34.8 Å². The number of carbonyl (C=O) groups excluding carboxylic acids is 2. The highest BCUT2D eigenvalue weighted by Gasteiger charge is 2.57. The van der Waals surface area contributed by atoms with Crippen LogP contribution in [0, 0.1) is 11.3 Å². The van der Waals surface area contributed by atoms with Gasteiger partial charge in [-0.05, 0) is 31.2 Å². The van der Waals surface area contributed by atoms with Crippen molar-refractivity contribution >= 4 is 31.0 Å². The van der Waals surface area contributed by atoms with Crippen LogP contribution in [0.15, 0.2) is 48.8 Å². The van der Waals surface area contributed by atoms with Gasteiger partial charge in [-0.2, -0.15) is 15.4 Å². The summed E-state index contributed by atoms with van der Waals surface area (Å²) in [5.41, 5.74) is 4.36. The van der Waals surface area contributed by atoms with Gasteiger partial charge >= 0.3 is 13.7 Å². The predicted octanol–water partition coefficient (Wildman–Crippen LogP) is 0.713. The fourth-order valence-corrected chi connectivity index (χ4v) is 6.55. The Morgan fingerprint density at radius 1 is 1.30 bits per heavy atom. The third-order valence-electron chi connectivity index (χ3n) is 7.44. The lowest BCUT2D eigenvalue weighted by Crippen LogP contribution is -2.46. The van der Waals surface area contributed by atoms with Crippen LogP contribution < -0.4 is 15.3 Å². The molecule has 44 heavy (non-hydrogen) atoms. The van der Waals surface area contributed by atoms with Crippen LogP contribution >= 0.6 is 7.75 Å². The van der Waals surface area contributed by atoms with Crippen molar-refractivity contribution < 1.29 is 42.9 Å². The van der Waals surface area contributed by atoms with E-state index in [1.54, 1.807) is 35.2 Å². The SMILES string of the molecule is CC(=O)N1CC[C@@H](OC(=O)C(C)NP(=O)(OC[C@@]2(C#N)O[C@@H](c3ccc4c(N)ncnn34)[C@H](O)[C@@H]2O)Oc2ccccc2)C1. The first-order valence-corrected chi connectivity index (χ1v) is 15.3. The minimum Gasteiger partial charge on any atom is -0.459 e. The number of ether oxygens (including phenoxy) is 2. The molecule has 3 aromatic rings. The van der Waals surface area contributed by atoms with Crippen molar-refractivity contribution in [2.45, 2.75) is 56.3 Å².